The largest absolute Gasteiger partial charge is 0.326 e. The van der Waals surface area contributed by atoms with E-state index in [1.165, 1.54) is 12.1 Å². The van der Waals surface area contributed by atoms with E-state index in [1.807, 2.05) is 24.3 Å². The Morgan fingerprint density at radius 2 is 1.69 bits per heavy atom. The number of likely N-dealkylation sites (tertiary alicyclic amines) is 1. The van der Waals surface area contributed by atoms with Crippen molar-refractivity contribution in [1.82, 2.24) is 9.62 Å². The molecule has 0 aromatic heterocycles. The molecule has 1 amide bonds. The maximum absolute atomic E-state index is 13.0. The Bertz CT molecular complexity index is 928. The van der Waals surface area contributed by atoms with E-state index in [0.29, 0.717) is 38.9 Å². The first kappa shape index (κ1) is 21.9. The normalized spacial score (nSPS) is 15.9. The molecule has 1 heterocycles. The maximum Gasteiger partial charge on any atom is 0.240 e. The molecule has 0 bridgehead atoms. The predicted molar refractivity (Wildman–Crippen MR) is 114 cm³/mol. The van der Waals surface area contributed by atoms with Crippen LogP contribution in [0.15, 0.2) is 57.9 Å². The van der Waals surface area contributed by atoms with Crippen LogP contribution in [0.4, 0.5) is 10.1 Å². The monoisotopic (exact) mass is 483 g/mol. The molecule has 0 atom stereocenters. The fraction of sp³-hybridized carbons (Fsp3) is 0.350. The molecule has 1 aliphatic rings. The van der Waals surface area contributed by atoms with Crippen molar-refractivity contribution in [2.45, 2.75) is 30.2 Å². The summed E-state index contributed by atoms with van der Waals surface area (Å²) >= 11 is 3.36. The SMILES string of the molecule is O=C(CCN1CCC(NS(=O)(=O)c2ccc(F)cc2)CC1)Nc1ccc(Br)cc1. The number of hydrogen-bond donors (Lipinski definition) is 2. The molecule has 2 N–H and O–H groups in total. The van der Waals surface area contributed by atoms with E-state index in [9.17, 15) is 17.6 Å². The number of sulfonamides is 1. The lowest BCUT2D eigenvalue weighted by Crippen LogP contribution is -2.45. The Morgan fingerprint density at radius 1 is 1.07 bits per heavy atom. The second kappa shape index (κ2) is 9.80. The molecule has 0 aliphatic carbocycles. The van der Waals surface area contributed by atoms with Crippen LogP contribution in [-0.2, 0) is 14.8 Å². The zero-order valence-corrected chi connectivity index (χ0v) is 18.2. The zero-order valence-electron chi connectivity index (χ0n) is 15.8. The maximum atomic E-state index is 13.0. The summed E-state index contributed by atoms with van der Waals surface area (Å²) in [6.07, 6.45) is 1.70. The number of rotatable bonds is 7. The highest BCUT2D eigenvalue weighted by Crippen LogP contribution is 2.17. The lowest BCUT2D eigenvalue weighted by Gasteiger charge is -2.32. The molecule has 6 nitrogen and oxygen atoms in total. The molecule has 0 unspecified atom stereocenters. The summed E-state index contributed by atoms with van der Waals surface area (Å²) in [5.41, 5.74) is 0.757. The third kappa shape index (κ3) is 6.60. The first-order valence-electron chi connectivity index (χ1n) is 9.37. The van der Waals surface area contributed by atoms with Crippen LogP contribution in [0.5, 0.6) is 0 Å². The molecule has 0 spiro atoms. The van der Waals surface area contributed by atoms with Crippen molar-refractivity contribution in [3.05, 3.63) is 58.8 Å². The lowest BCUT2D eigenvalue weighted by atomic mass is 10.1. The number of anilines is 1. The highest BCUT2D eigenvalue weighted by atomic mass is 79.9. The Labute approximate surface area is 178 Å². The van der Waals surface area contributed by atoms with Crippen molar-refractivity contribution < 1.29 is 17.6 Å². The van der Waals surface area contributed by atoms with Crippen LogP contribution in [-0.4, -0.2) is 44.9 Å². The second-order valence-corrected chi connectivity index (χ2v) is 9.63. The molecule has 2 aromatic rings. The number of amides is 1. The second-order valence-electron chi connectivity index (χ2n) is 7.00. The fourth-order valence-electron chi connectivity index (χ4n) is 3.19. The highest BCUT2D eigenvalue weighted by Gasteiger charge is 2.24. The van der Waals surface area contributed by atoms with Gasteiger partial charge < -0.3 is 10.2 Å². The predicted octanol–water partition coefficient (Wildman–Crippen LogP) is 3.36. The van der Waals surface area contributed by atoms with Gasteiger partial charge in [0.25, 0.3) is 0 Å². The summed E-state index contributed by atoms with van der Waals surface area (Å²) in [4.78, 5) is 14.3. The Balaban J connectivity index is 1.41. The molecule has 0 saturated carbocycles. The number of nitrogens with one attached hydrogen (secondary N) is 2. The minimum Gasteiger partial charge on any atom is -0.326 e. The van der Waals surface area contributed by atoms with Gasteiger partial charge in [-0.2, -0.15) is 0 Å². The molecular weight excluding hydrogens is 461 g/mol. The van der Waals surface area contributed by atoms with Crippen LogP contribution in [0, 0.1) is 5.82 Å². The van der Waals surface area contributed by atoms with E-state index in [-0.39, 0.29) is 16.8 Å². The van der Waals surface area contributed by atoms with E-state index < -0.39 is 15.8 Å². The van der Waals surface area contributed by atoms with Gasteiger partial charge in [-0.25, -0.2) is 17.5 Å². The molecule has 0 radical (unpaired) electrons. The summed E-state index contributed by atoms with van der Waals surface area (Å²) in [5.74, 6) is -0.520. The van der Waals surface area contributed by atoms with Crippen LogP contribution in [0.25, 0.3) is 0 Å². The van der Waals surface area contributed by atoms with Gasteiger partial charge in [0.15, 0.2) is 0 Å². The van der Waals surface area contributed by atoms with Gasteiger partial charge in [-0.05, 0) is 74.5 Å². The van der Waals surface area contributed by atoms with E-state index >= 15 is 0 Å². The number of halogens is 2. The molecular formula is C20H23BrFN3O3S. The van der Waals surface area contributed by atoms with Crippen LogP contribution in [0.3, 0.4) is 0 Å². The minimum absolute atomic E-state index is 0.0496. The molecule has 156 valence electrons. The molecule has 1 aliphatic heterocycles. The van der Waals surface area contributed by atoms with Crippen molar-refractivity contribution in [2.75, 3.05) is 25.0 Å². The Hall–Kier alpha value is -1.81. The zero-order chi connectivity index (χ0) is 20.9. The van der Waals surface area contributed by atoms with Crippen LogP contribution in [0.2, 0.25) is 0 Å². The van der Waals surface area contributed by atoms with Crippen molar-refractivity contribution in [1.29, 1.82) is 0 Å². The average Bonchev–Trinajstić information content (AvgIpc) is 2.69. The average molecular weight is 484 g/mol. The van der Waals surface area contributed by atoms with Crippen molar-refractivity contribution in [2.24, 2.45) is 0 Å². The summed E-state index contributed by atoms with van der Waals surface area (Å²) in [7, 11) is -3.66. The van der Waals surface area contributed by atoms with Gasteiger partial charge in [0.05, 0.1) is 4.90 Å². The van der Waals surface area contributed by atoms with Gasteiger partial charge in [-0.3, -0.25) is 4.79 Å². The smallest absolute Gasteiger partial charge is 0.240 e. The third-order valence-corrected chi connectivity index (χ3v) is 6.88. The number of carbonyl (C=O) groups is 1. The molecule has 3 rings (SSSR count). The fourth-order valence-corrected chi connectivity index (χ4v) is 4.76. The van der Waals surface area contributed by atoms with Crippen LogP contribution < -0.4 is 10.0 Å². The van der Waals surface area contributed by atoms with E-state index in [4.69, 9.17) is 0 Å². The van der Waals surface area contributed by atoms with Crippen LogP contribution in [0.1, 0.15) is 19.3 Å². The van der Waals surface area contributed by atoms with E-state index in [1.54, 1.807) is 0 Å². The highest BCUT2D eigenvalue weighted by molar-refractivity contribution is 9.10. The number of benzene rings is 2. The first-order valence-corrected chi connectivity index (χ1v) is 11.6. The quantitative estimate of drug-likeness (QED) is 0.632. The number of piperidine rings is 1. The number of hydrogen-bond acceptors (Lipinski definition) is 4. The standard InChI is InChI=1S/C20H23BrFN3O3S/c21-15-1-5-17(6-2-15)23-20(26)11-14-25-12-9-18(10-13-25)24-29(27,28)19-7-3-16(22)4-8-19/h1-8,18,24H,9-14H2,(H,23,26). The molecule has 2 aromatic carbocycles. The van der Waals surface area contributed by atoms with Gasteiger partial charge in [0, 0.05) is 29.2 Å². The molecule has 29 heavy (non-hydrogen) atoms. The Kier molecular flexibility index (Phi) is 7.39. The van der Waals surface area contributed by atoms with Gasteiger partial charge >= 0.3 is 0 Å². The summed E-state index contributed by atoms with van der Waals surface area (Å²) in [6, 6.07) is 12.0. The van der Waals surface area contributed by atoms with E-state index in [0.717, 1.165) is 22.3 Å². The number of nitrogens with zero attached hydrogens (tertiary/aromatic N) is 1. The summed E-state index contributed by atoms with van der Waals surface area (Å²) in [6.45, 7) is 2.05. The van der Waals surface area contributed by atoms with Crippen LogP contribution >= 0.6 is 15.9 Å². The van der Waals surface area contributed by atoms with Gasteiger partial charge in [-0.1, -0.05) is 15.9 Å². The third-order valence-electron chi connectivity index (χ3n) is 4.82. The lowest BCUT2D eigenvalue weighted by molar-refractivity contribution is -0.116. The summed E-state index contributed by atoms with van der Waals surface area (Å²) < 4.78 is 41.4. The van der Waals surface area contributed by atoms with Gasteiger partial charge in [-0.15, -0.1) is 0 Å². The van der Waals surface area contributed by atoms with Gasteiger partial charge in [0.1, 0.15) is 5.82 Å². The van der Waals surface area contributed by atoms with Crippen molar-refractivity contribution >= 4 is 37.5 Å². The summed E-state index contributed by atoms with van der Waals surface area (Å²) in [5, 5.41) is 2.87. The molecule has 1 saturated heterocycles. The minimum atomic E-state index is -3.66. The Morgan fingerprint density at radius 3 is 2.31 bits per heavy atom. The van der Waals surface area contributed by atoms with E-state index in [2.05, 4.69) is 30.9 Å². The topological polar surface area (TPSA) is 78.5 Å². The molecule has 9 heteroatoms. The van der Waals surface area contributed by atoms with Crippen molar-refractivity contribution in [3.8, 4) is 0 Å². The first-order chi connectivity index (χ1) is 13.8. The van der Waals surface area contributed by atoms with Gasteiger partial charge in [0.2, 0.25) is 15.9 Å². The number of carbonyl (C=O) groups excluding carboxylic acids is 1. The van der Waals surface area contributed by atoms with Crippen molar-refractivity contribution in [3.63, 3.8) is 0 Å². The molecule has 1 fully saturated rings.